The lowest BCUT2D eigenvalue weighted by Gasteiger charge is -2.06. The van der Waals surface area contributed by atoms with Gasteiger partial charge in [0.1, 0.15) is 13.0 Å². The SMILES string of the molecule is CC(N)C(C=N)=C(C=O)C=CCF. The maximum absolute atomic E-state index is 11.7. The van der Waals surface area contributed by atoms with Crippen LogP contribution in [0.25, 0.3) is 0 Å². The van der Waals surface area contributed by atoms with Gasteiger partial charge in [0.05, 0.1) is 0 Å². The van der Waals surface area contributed by atoms with E-state index in [9.17, 15) is 9.18 Å². The van der Waals surface area contributed by atoms with Gasteiger partial charge in [0.15, 0.2) is 0 Å². The molecule has 3 nitrogen and oxygen atoms in total. The van der Waals surface area contributed by atoms with Gasteiger partial charge in [-0.3, -0.25) is 4.79 Å². The smallest absolute Gasteiger partial charge is 0.150 e. The van der Waals surface area contributed by atoms with Gasteiger partial charge in [0, 0.05) is 17.8 Å². The Balaban J connectivity index is 4.93. The summed E-state index contributed by atoms with van der Waals surface area (Å²) < 4.78 is 11.7. The third-order valence-corrected chi connectivity index (χ3v) is 1.49. The molecule has 0 amide bonds. The lowest BCUT2D eigenvalue weighted by atomic mass is 10.0. The van der Waals surface area contributed by atoms with E-state index in [0.29, 0.717) is 11.9 Å². The minimum Gasteiger partial charge on any atom is -0.324 e. The highest BCUT2D eigenvalue weighted by molar-refractivity contribution is 5.91. The Bertz CT molecular complexity index is 244. The molecule has 72 valence electrons. The molecule has 0 spiro atoms. The third-order valence-electron chi connectivity index (χ3n) is 1.49. The van der Waals surface area contributed by atoms with Gasteiger partial charge in [-0.1, -0.05) is 12.2 Å². The number of alkyl halides is 1. The summed E-state index contributed by atoms with van der Waals surface area (Å²) in [5.74, 6) is 0. The first-order chi connectivity index (χ1) is 6.17. The number of nitrogens with two attached hydrogens (primary N) is 1. The second-order valence-electron chi connectivity index (χ2n) is 2.52. The first-order valence-corrected chi connectivity index (χ1v) is 3.85. The Kier molecular flexibility index (Phi) is 5.63. The summed E-state index contributed by atoms with van der Waals surface area (Å²) >= 11 is 0. The molecule has 1 unspecified atom stereocenters. The van der Waals surface area contributed by atoms with Crippen LogP contribution in [0.1, 0.15) is 6.92 Å². The Hall–Kier alpha value is -1.29. The summed E-state index contributed by atoms with van der Waals surface area (Å²) in [4.78, 5) is 10.5. The van der Waals surface area contributed by atoms with E-state index in [2.05, 4.69) is 0 Å². The van der Waals surface area contributed by atoms with Crippen LogP contribution in [0, 0.1) is 5.41 Å². The Morgan fingerprint density at radius 3 is 2.62 bits per heavy atom. The van der Waals surface area contributed by atoms with Crippen molar-refractivity contribution in [2.75, 3.05) is 6.67 Å². The quantitative estimate of drug-likeness (QED) is 0.290. The fourth-order valence-corrected chi connectivity index (χ4v) is 0.853. The fourth-order valence-electron chi connectivity index (χ4n) is 0.853. The molecule has 0 saturated carbocycles. The molecule has 1 atom stereocenters. The number of halogens is 1. The zero-order valence-electron chi connectivity index (χ0n) is 7.46. The zero-order chi connectivity index (χ0) is 10.3. The van der Waals surface area contributed by atoms with Crippen LogP contribution in [0.3, 0.4) is 0 Å². The molecule has 0 aliphatic heterocycles. The Morgan fingerprint density at radius 2 is 2.31 bits per heavy atom. The van der Waals surface area contributed by atoms with Gasteiger partial charge in [-0.25, -0.2) is 4.39 Å². The maximum atomic E-state index is 11.7. The van der Waals surface area contributed by atoms with E-state index in [-0.39, 0.29) is 5.57 Å². The molecule has 0 saturated heterocycles. The van der Waals surface area contributed by atoms with Crippen molar-refractivity contribution in [3.8, 4) is 0 Å². The highest BCUT2D eigenvalue weighted by Gasteiger charge is 2.05. The average Bonchev–Trinajstić information content (AvgIpc) is 2.11. The highest BCUT2D eigenvalue weighted by atomic mass is 19.1. The predicted molar refractivity (Wildman–Crippen MR) is 50.6 cm³/mol. The van der Waals surface area contributed by atoms with Gasteiger partial charge in [0.25, 0.3) is 0 Å². The minimum atomic E-state index is -0.637. The van der Waals surface area contributed by atoms with Gasteiger partial charge in [-0.15, -0.1) is 0 Å². The molecule has 0 fully saturated rings. The number of nitrogens with one attached hydrogen (secondary N) is 1. The molecule has 0 aromatic rings. The summed E-state index contributed by atoms with van der Waals surface area (Å²) in [5, 5.41) is 7.01. The molecular formula is C9H13FN2O. The van der Waals surface area contributed by atoms with Crippen molar-refractivity contribution in [2.45, 2.75) is 13.0 Å². The molecule has 4 heteroatoms. The van der Waals surface area contributed by atoms with Crippen LogP contribution in [0.5, 0.6) is 0 Å². The first kappa shape index (κ1) is 11.7. The summed E-state index contributed by atoms with van der Waals surface area (Å²) in [6.45, 7) is 1.02. The van der Waals surface area contributed by atoms with Gasteiger partial charge < -0.3 is 11.1 Å². The lowest BCUT2D eigenvalue weighted by Crippen LogP contribution is -2.20. The van der Waals surface area contributed by atoms with E-state index in [4.69, 9.17) is 11.1 Å². The van der Waals surface area contributed by atoms with Crippen molar-refractivity contribution in [3.05, 3.63) is 23.3 Å². The molecule has 13 heavy (non-hydrogen) atoms. The molecule has 0 bridgehead atoms. The van der Waals surface area contributed by atoms with Gasteiger partial charge in [0.2, 0.25) is 0 Å². The second-order valence-corrected chi connectivity index (χ2v) is 2.52. The summed E-state index contributed by atoms with van der Waals surface area (Å²) in [6, 6.07) is -0.401. The fraction of sp³-hybridized carbons (Fsp3) is 0.333. The molecular weight excluding hydrogens is 171 g/mol. The third kappa shape index (κ3) is 3.75. The van der Waals surface area contributed by atoms with Gasteiger partial charge >= 0.3 is 0 Å². The van der Waals surface area contributed by atoms with Crippen LogP contribution in [0.15, 0.2) is 23.3 Å². The van der Waals surface area contributed by atoms with Crippen molar-refractivity contribution >= 4 is 12.5 Å². The van der Waals surface area contributed by atoms with Crippen molar-refractivity contribution in [2.24, 2.45) is 5.73 Å². The van der Waals surface area contributed by atoms with E-state index >= 15 is 0 Å². The maximum Gasteiger partial charge on any atom is 0.150 e. The summed E-state index contributed by atoms with van der Waals surface area (Å²) in [5.41, 5.74) is 6.15. The van der Waals surface area contributed by atoms with Crippen molar-refractivity contribution < 1.29 is 9.18 Å². The summed E-state index contributed by atoms with van der Waals surface area (Å²) in [6.07, 6.45) is 4.11. The number of carbonyl (C=O) groups is 1. The van der Waals surface area contributed by atoms with Crippen LogP contribution in [-0.2, 0) is 4.79 Å². The lowest BCUT2D eigenvalue weighted by molar-refractivity contribution is -0.104. The van der Waals surface area contributed by atoms with Crippen LogP contribution in [0.2, 0.25) is 0 Å². The second kappa shape index (κ2) is 6.25. The number of rotatable bonds is 5. The van der Waals surface area contributed by atoms with Crippen LogP contribution >= 0.6 is 0 Å². The van der Waals surface area contributed by atoms with E-state index in [0.717, 1.165) is 6.21 Å². The van der Waals surface area contributed by atoms with Crippen molar-refractivity contribution in [1.29, 1.82) is 5.41 Å². The molecule has 3 N–H and O–H groups in total. The number of hydrogen-bond donors (Lipinski definition) is 2. The molecule has 0 aliphatic carbocycles. The minimum absolute atomic E-state index is 0.252. The summed E-state index contributed by atoms with van der Waals surface area (Å²) in [7, 11) is 0. The number of allylic oxidation sites excluding steroid dienone is 3. The van der Waals surface area contributed by atoms with E-state index < -0.39 is 12.7 Å². The molecule has 0 radical (unpaired) electrons. The largest absolute Gasteiger partial charge is 0.324 e. The molecule has 0 heterocycles. The van der Waals surface area contributed by atoms with Crippen LogP contribution in [-0.4, -0.2) is 25.2 Å². The van der Waals surface area contributed by atoms with Crippen LogP contribution < -0.4 is 5.73 Å². The van der Waals surface area contributed by atoms with E-state index in [1.165, 1.54) is 12.2 Å². The van der Waals surface area contributed by atoms with E-state index in [1.807, 2.05) is 0 Å². The van der Waals surface area contributed by atoms with Gasteiger partial charge in [-0.05, 0) is 12.5 Å². The molecule has 0 aliphatic rings. The topological polar surface area (TPSA) is 66.9 Å². The van der Waals surface area contributed by atoms with Crippen molar-refractivity contribution in [3.63, 3.8) is 0 Å². The Labute approximate surface area is 76.6 Å². The average molecular weight is 184 g/mol. The Morgan fingerprint density at radius 1 is 1.69 bits per heavy atom. The first-order valence-electron chi connectivity index (χ1n) is 3.85. The molecule has 0 aromatic heterocycles. The predicted octanol–water partition coefficient (Wildman–Crippen LogP) is 1.00. The zero-order valence-corrected chi connectivity index (χ0v) is 7.46. The monoisotopic (exact) mass is 184 g/mol. The highest BCUT2D eigenvalue weighted by Crippen LogP contribution is 2.05. The van der Waals surface area contributed by atoms with Crippen LogP contribution in [0.4, 0.5) is 4.39 Å². The molecule has 0 rings (SSSR count). The molecule has 0 aromatic carbocycles. The number of aldehydes is 1. The van der Waals surface area contributed by atoms with Crippen molar-refractivity contribution in [1.82, 2.24) is 0 Å². The van der Waals surface area contributed by atoms with E-state index in [1.54, 1.807) is 6.92 Å². The standard InChI is InChI=1S/C9H13FN2O/c1-7(12)9(5-11)8(6-13)3-2-4-10/h2-3,5-7,11H,4,12H2,1H3. The number of hydrogen-bond acceptors (Lipinski definition) is 3. The normalized spacial score (nSPS) is 15.3. The number of carbonyl (C=O) groups excluding carboxylic acids is 1. The van der Waals surface area contributed by atoms with Gasteiger partial charge in [-0.2, -0.15) is 0 Å².